The number of rotatable bonds is 9. The van der Waals surface area contributed by atoms with E-state index in [-0.39, 0.29) is 0 Å². The summed E-state index contributed by atoms with van der Waals surface area (Å²) in [6, 6.07) is 0.860. The average molecular weight is 216 g/mol. The van der Waals surface area contributed by atoms with Crippen molar-refractivity contribution in [1.29, 1.82) is 0 Å². The highest BCUT2D eigenvalue weighted by Gasteiger charge is 2.19. The van der Waals surface area contributed by atoms with E-state index in [1.165, 1.54) is 50.4 Å². The summed E-state index contributed by atoms with van der Waals surface area (Å²) >= 11 is 2.05. The molecule has 0 aliphatic heterocycles. The highest BCUT2D eigenvalue weighted by atomic mass is 32.2. The van der Waals surface area contributed by atoms with Crippen LogP contribution in [0.15, 0.2) is 0 Å². The van der Waals surface area contributed by atoms with Crippen LogP contribution in [0.1, 0.15) is 26.2 Å². The molecule has 0 aromatic rings. The molecule has 0 amide bonds. The van der Waals surface area contributed by atoms with Gasteiger partial charge in [0.2, 0.25) is 0 Å². The van der Waals surface area contributed by atoms with E-state index in [2.05, 4.69) is 24.2 Å². The first kappa shape index (κ1) is 12.3. The standard InChI is InChI=1S/C11H24N2S/c1-3-14-10-4-8-13(2)9-7-12-11-5-6-11/h11-12H,3-10H2,1-2H3. The van der Waals surface area contributed by atoms with Gasteiger partial charge in [-0.25, -0.2) is 0 Å². The molecule has 0 atom stereocenters. The molecule has 2 nitrogen and oxygen atoms in total. The maximum absolute atomic E-state index is 3.54. The van der Waals surface area contributed by atoms with Crippen LogP contribution in [0, 0.1) is 0 Å². The molecule has 1 rings (SSSR count). The van der Waals surface area contributed by atoms with Gasteiger partial charge in [-0.05, 0) is 44.4 Å². The van der Waals surface area contributed by atoms with Gasteiger partial charge in [-0.3, -0.25) is 0 Å². The van der Waals surface area contributed by atoms with E-state index in [1.807, 2.05) is 11.8 Å². The van der Waals surface area contributed by atoms with E-state index in [0.717, 1.165) is 6.04 Å². The summed E-state index contributed by atoms with van der Waals surface area (Å²) in [6.07, 6.45) is 4.13. The second kappa shape index (κ2) is 7.55. The molecule has 0 bridgehead atoms. The van der Waals surface area contributed by atoms with Gasteiger partial charge < -0.3 is 10.2 Å². The molecular weight excluding hydrogens is 192 g/mol. The quantitative estimate of drug-likeness (QED) is 0.592. The molecule has 0 aromatic carbocycles. The Hall–Kier alpha value is 0.270. The first-order valence-corrected chi connectivity index (χ1v) is 6.98. The van der Waals surface area contributed by atoms with Crippen molar-refractivity contribution in [1.82, 2.24) is 10.2 Å². The van der Waals surface area contributed by atoms with Gasteiger partial charge in [-0.2, -0.15) is 11.8 Å². The van der Waals surface area contributed by atoms with Crippen molar-refractivity contribution in [3.05, 3.63) is 0 Å². The predicted molar refractivity (Wildman–Crippen MR) is 66.1 cm³/mol. The smallest absolute Gasteiger partial charge is 0.0104 e. The molecule has 0 radical (unpaired) electrons. The number of hydrogen-bond donors (Lipinski definition) is 1. The summed E-state index contributed by atoms with van der Waals surface area (Å²) < 4.78 is 0. The van der Waals surface area contributed by atoms with Crippen molar-refractivity contribution in [3.63, 3.8) is 0 Å². The average Bonchev–Trinajstić information content (AvgIpc) is 2.96. The summed E-state index contributed by atoms with van der Waals surface area (Å²) in [7, 11) is 2.23. The summed E-state index contributed by atoms with van der Waals surface area (Å²) in [5, 5.41) is 3.54. The van der Waals surface area contributed by atoms with Gasteiger partial charge in [-0.1, -0.05) is 6.92 Å². The van der Waals surface area contributed by atoms with Crippen molar-refractivity contribution in [3.8, 4) is 0 Å². The Bertz CT molecular complexity index is 137. The van der Waals surface area contributed by atoms with Crippen LogP contribution in [0.5, 0.6) is 0 Å². The number of nitrogens with one attached hydrogen (secondary N) is 1. The fourth-order valence-electron chi connectivity index (χ4n) is 1.44. The third-order valence-electron chi connectivity index (χ3n) is 2.54. The molecule has 1 fully saturated rings. The Labute approximate surface area is 92.8 Å². The van der Waals surface area contributed by atoms with Crippen molar-refractivity contribution >= 4 is 11.8 Å². The molecule has 0 aromatic heterocycles. The zero-order chi connectivity index (χ0) is 10.2. The monoisotopic (exact) mass is 216 g/mol. The van der Waals surface area contributed by atoms with Gasteiger partial charge in [0.15, 0.2) is 0 Å². The first-order valence-electron chi connectivity index (χ1n) is 5.82. The molecule has 0 saturated heterocycles. The number of nitrogens with zero attached hydrogens (tertiary/aromatic N) is 1. The number of likely N-dealkylation sites (N-methyl/N-ethyl adjacent to an activating group) is 1. The highest BCUT2D eigenvalue weighted by molar-refractivity contribution is 7.99. The zero-order valence-electron chi connectivity index (χ0n) is 9.59. The molecule has 1 N–H and O–H groups in total. The minimum Gasteiger partial charge on any atom is -0.313 e. The highest BCUT2D eigenvalue weighted by Crippen LogP contribution is 2.17. The van der Waals surface area contributed by atoms with Crippen molar-refractivity contribution in [2.24, 2.45) is 0 Å². The minimum atomic E-state index is 0.860. The van der Waals surface area contributed by atoms with Crippen molar-refractivity contribution < 1.29 is 0 Å². The topological polar surface area (TPSA) is 15.3 Å². The molecule has 0 heterocycles. The van der Waals surface area contributed by atoms with Gasteiger partial charge in [-0.15, -0.1) is 0 Å². The second-order valence-electron chi connectivity index (χ2n) is 4.08. The molecule has 0 unspecified atom stereocenters. The summed E-state index contributed by atoms with van der Waals surface area (Å²) in [6.45, 7) is 5.85. The predicted octanol–water partition coefficient (Wildman–Crippen LogP) is 1.81. The Morgan fingerprint density at radius 3 is 2.79 bits per heavy atom. The van der Waals surface area contributed by atoms with Gasteiger partial charge in [0, 0.05) is 19.1 Å². The zero-order valence-corrected chi connectivity index (χ0v) is 10.4. The third-order valence-corrected chi connectivity index (χ3v) is 3.52. The van der Waals surface area contributed by atoms with E-state index in [1.54, 1.807) is 0 Å². The third kappa shape index (κ3) is 6.68. The van der Waals surface area contributed by atoms with E-state index < -0.39 is 0 Å². The van der Waals surface area contributed by atoms with Crippen LogP contribution in [-0.4, -0.2) is 49.1 Å². The van der Waals surface area contributed by atoms with E-state index in [4.69, 9.17) is 0 Å². The minimum absolute atomic E-state index is 0.860. The largest absolute Gasteiger partial charge is 0.313 e. The van der Waals surface area contributed by atoms with Crippen LogP contribution in [0.3, 0.4) is 0 Å². The lowest BCUT2D eigenvalue weighted by molar-refractivity contribution is 0.332. The lowest BCUT2D eigenvalue weighted by Gasteiger charge is -2.16. The molecule has 1 aliphatic carbocycles. The fraction of sp³-hybridized carbons (Fsp3) is 1.00. The van der Waals surface area contributed by atoms with Crippen LogP contribution >= 0.6 is 11.8 Å². The van der Waals surface area contributed by atoms with E-state index in [0.29, 0.717) is 0 Å². The Morgan fingerprint density at radius 2 is 2.14 bits per heavy atom. The van der Waals surface area contributed by atoms with Crippen LogP contribution < -0.4 is 5.32 Å². The van der Waals surface area contributed by atoms with Crippen LogP contribution in [0.4, 0.5) is 0 Å². The molecular formula is C11H24N2S. The Morgan fingerprint density at radius 1 is 1.36 bits per heavy atom. The summed E-state index contributed by atoms with van der Waals surface area (Å²) in [5.41, 5.74) is 0. The van der Waals surface area contributed by atoms with Gasteiger partial charge in [0.05, 0.1) is 0 Å². The second-order valence-corrected chi connectivity index (χ2v) is 5.48. The fourth-order valence-corrected chi connectivity index (χ4v) is 2.06. The number of thioether (sulfide) groups is 1. The first-order chi connectivity index (χ1) is 6.83. The van der Waals surface area contributed by atoms with Crippen molar-refractivity contribution in [2.75, 3.05) is 38.2 Å². The maximum Gasteiger partial charge on any atom is 0.0104 e. The van der Waals surface area contributed by atoms with Gasteiger partial charge >= 0.3 is 0 Å². The molecule has 84 valence electrons. The van der Waals surface area contributed by atoms with Crippen LogP contribution in [0.2, 0.25) is 0 Å². The number of hydrogen-bond acceptors (Lipinski definition) is 3. The molecule has 3 heteroatoms. The molecule has 0 spiro atoms. The van der Waals surface area contributed by atoms with Gasteiger partial charge in [0.1, 0.15) is 0 Å². The SMILES string of the molecule is CCSCCCN(C)CCNC1CC1. The molecule has 1 aliphatic rings. The Kier molecular flexibility index (Phi) is 6.65. The lowest BCUT2D eigenvalue weighted by atomic mass is 10.4. The van der Waals surface area contributed by atoms with E-state index >= 15 is 0 Å². The maximum atomic E-state index is 3.54. The molecule has 1 saturated carbocycles. The van der Waals surface area contributed by atoms with Crippen LogP contribution in [0.25, 0.3) is 0 Å². The van der Waals surface area contributed by atoms with Gasteiger partial charge in [0.25, 0.3) is 0 Å². The summed E-state index contributed by atoms with van der Waals surface area (Å²) in [4.78, 5) is 2.44. The van der Waals surface area contributed by atoms with Crippen LogP contribution in [-0.2, 0) is 0 Å². The lowest BCUT2D eigenvalue weighted by Crippen LogP contribution is -2.31. The molecule has 14 heavy (non-hydrogen) atoms. The summed E-state index contributed by atoms with van der Waals surface area (Å²) in [5.74, 6) is 2.57. The van der Waals surface area contributed by atoms with E-state index in [9.17, 15) is 0 Å². The Balaban J connectivity index is 1.79. The van der Waals surface area contributed by atoms with Crippen molar-refractivity contribution in [2.45, 2.75) is 32.2 Å². The normalized spacial score (nSPS) is 16.5.